The number of H-pyrrole nitrogens is 1. The Hall–Kier alpha value is -3.43. The molecule has 218 valence electrons. The monoisotopic (exact) mass is 574 g/mol. The molecule has 0 aliphatic carbocycles. The molecule has 5 rings (SSSR count). The summed E-state index contributed by atoms with van der Waals surface area (Å²) < 4.78 is 0. The van der Waals surface area contributed by atoms with Crippen LogP contribution in [0.4, 0.5) is 0 Å². The van der Waals surface area contributed by atoms with Crippen LogP contribution in [0.1, 0.15) is 119 Å². The van der Waals surface area contributed by atoms with E-state index in [0.29, 0.717) is 0 Å². The molecule has 0 saturated carbocycles. The number of aromatic nitrogens is 1. The van der Waals surface area contributed by atoms with E-state index in [2.05, 4.69) is 126 Å². The van der Waals surface area contributed by atoms with E-state index in [1.807, 2.05) is 11.3 Å². The van der Waals surface area contributed by atoms with E-state index < -0.39 is 0 Å². The van der Waals surface area contributed by atoms with Crippen LogP contribution in [0.3, 0.4) is 0 Å². The third-order valence-corrected chi connectivity index (χ3v) is 9.43. The molecular formula is C39H46N2S. The van der Waals surface area contributed by atoms with Crippen molar-refractivity contribution in [2.45, 2.75) is 92.4 Å². The molecule has 2 aromatic carbocycles. The van der Waals surface area contributed by atoms with E-state index >= 15 is 0 Å². The van der Waals surface area contributed by atoms with Crippen LogP contribution < -0.4 is 0 Å². The Labute approximate surface area is 257 Å². The first-order valence-electron chi connectivity index (χ1n) is 15.7. The van der Waals surface area contributed by atoms with Gasteiger partial charge in [0.15, 0.2) is 0 Å². The molecule has 4 aromatic rings. The molecular weight excluding hydrogens is 529 g/mol. The minimum atomic E-state index is 0.0734. The van der Waals surface area contributed by atoms with Gasteiger partial charge in [-0.05, 0) is 90.8 Å². The number of aliphatic imine (C=N–C) groups is 1. The van der Waals surface area contributed by atoms with Crippen molar-refractivity contribution in [2.24, 2.45) is 4.99 Å². The first kappa shape index (κ1) is 30.0. The van der Waals surface area contributed by atoms with Gasteiger partial charge in [-0.1, -0.05) is 96.0 Å². The summed E-state index contributed by atoms with van der Waals surface area (Å²) in [5, 5.41) is 4.75. The molecule has 2 nitrogen and oxygen atoms in total. The van der Waals surface area contributed by atoms with Gasteiger partial charge >= 0.3 is 0 Å². The Kier molecular flexibility index (Phi) is 9.18. The second kappa shape index (κ2) is 12.8. The smallest absolute Gasteiger partial charge is 0.0891 e. The number of nitrogens with zero attached hydrogens (tertiary/aromatic N) is 1. The van der Waals surface area contributed by atoms with Gasteiger partial charge in [0.2, 0.25) is 0 Å². The molecule has 42 heavy (non-hydrogen) atoms. The SMILES string of the molecule is C/C=C\C(CCCC)=C(/C)c1[nH]c(/C=C2\N=C(c3sccc3CCCC)c3cc(C(C)(C)C)ccc32)c2ccccc12. The van der Waals surface area contributed by atoms with Crippen LogP contribution >= 0.6 is 11.3 Å². The lowest BCUT2D eigenvalue weighted by molar-refractivity contribution is 0.590. The molecule has 0 spiro atoms. The number of benzene rings is 2. The van der Waals surface area contributed by atoms with Gasteiger partial charge in [0.25, 0.3) is 0 Å². The molecule has 0 amide bonds. The Bertz CT molecular complexity index is 1690. The van der Waals surface area contributed by atoms with Crippen molar-refractivity contribution < 1.29 is 0 Å². The summed E-state index contributed by atoms with van der Waals surface area (Å²) in [7, 11) is 0. The summed E-state index contributed by atoms with van der Waals surface area (Å²) in [6.07, 6.45) is 13.7. The fourth-order valence-corrected chi connectivity index (χ4v) is 6.90. The first-order chi connectivity index (χ1) is 20.3. The molecule has 0 fully saturated rings. The van der Waals surface area contributed by atoms with Crippen molar-refractivity contribution in [1.82, 2.24) is 4.98 Å². The first-order valence-corrected chi connectivity index (χ1v) is 16.6. The zero-order chi connectivity index (χ0) is 29.9. The predicted octanol–water partition coefficient (Wildman–Crippen LogP) is 11.8. The fraction of sp³-hybridized carbons (Fsp3) is 0.359. The molecule has 1 aliphatic heterocycles. The minimum absolute atomic E-state index is 0.0734. The van der Waals surface area contributed by atoms with E-state index in [1.54, 1.807) is 0 Å². The number of rotatable bonds is 10. The molecule has 0 radical (unpaired) electrons. The van der Waals surface area contributed by atoms with Crippen LogP contribution in [0.25, 0.3) is 28.1 Å². The Morgan fingerprint density at radius 1 is 0.952 bits per heavy atom. The van der Waals surface area contributed by atoms with E-state index in [-0.39, 0.29) is 5.41 Å². The number of allylic oxidation sites excluding steroid dienone is 4. The third-order valence-electron chi connectivity index (χ3n) is 8.46. The molecule has 1 aliphatic rings. The van der Waals surface area contributed by atoms with Crippen molar-refractivity contribution in [3.05, 3.63) is 110 Å². The highest BCUT2D eigenvalue weighted by atomic mass is 32.1. The van der Waals surface area contributed by atoms with Crippen molar-refractivity contribution in [2.75, 3.05) is 0 Å². The minimum Gasteiger partial charge on any atom is -0.354 e. The number of aryl methyl sites for hydroxylation is 1. The van der Waals surface area contributed by atoms with Gasteiger partial charge in [0.1, 0.15) is 0 Å². The lowest BCUT2D eigenvalue weighted by atomic mass is 9.84. The molecule has 3 heteroatoms. The summed E-state index contributed by atoms with van der Waals surface area (Å²) >= 11 is 1.83. The van der Waals surface area contributed by atoms with Crippen LogP contribution in [-0.2, 0) is 11.8 Å². The molecule has 1 N–H and O–H groups in total. The highest BCUT2D eigenvalue weighted by Crippen LogP contribution is 2.39. The summed E-state index contributed by atoms with van der Waals surface area (Å²) in [5.41, 5.74) is 12.6. The van der Waals surface area contributed by atoms with E-state index in [0.717, 1.165) is 29.9 Å². The highest BCUT2D eigenvalue weighted by Gasteiger charge is 2.27. The normalized spacial score (nSPS) is 15.1. The van der Waals surface area contributed by atoms with Gasteiger partial charge in [-0.2, -0.15) is 0 Å². The zero-order valence-corrected chi connectivity index (χ0v) is 27.3. The van der Waals surface area contributed by atoms with Crippen molar-refractivity contribution in [1.29, 1.82) is 0 Å². The van der Waals surface area contributed by atoms with Crippen LogP contribution in [0, 0.1) is 0 Å². The molecule has 2 aromatic heterocycles. The maximum atomic E-state index is 5.40. The summed E-state index contributed by atoms with van der Waals surface area (Å²) in [6, 6.07) is 18.1. The van der Waals surface area contributed by atoms with Crippen LogP contribution in [0.5, 0.6) is 0 Å². The van der Waals surface area contributed by atoms with Crippen molar-refractivity contribution in [3.63, 3.8) is 0 Å². The maximum Gasteiger partial charge on any atom is 0.0891 e. The Morgan fingerprint density at radius 2 is 1.71 bits per heavy atom. The highest BCUT2D eigenvalue weighted by molar-refractivity contribution is 7.12. The topological polar surface area (TPSA) is 28.1 Å². The van der Waals surface area contributed by atoms with Crippen LogP contribution in [0.2, 0.25) is 0 Å². The number of nitrogens with one attached hydrogen (secondary N) is 1. The van der Waals surface area contributed by atoms with Crippen molar-refractivity contribution >= 4 is 45.2 Å². The average molecular weight is 575 g/mol. The van der Waals surface area contributed by atoms with Gasteiger partial charge in [0.05, 0.1) is 16.3 Å². The molecule has 3 heterocycles. The molecule has 0 saturated heterocycles. The third kappa shape index (κ3) is 6.03. The predicted molar refractivity (Wildman–Crippen MR) is 187 cm³/mol. The fourth-order valence-electron chi connectivity index (χ4n) is 5.94. The molecule has 0 atom stereocenters. The van der Waals surface area contributed by atoms with Gasteiger partial charge in [-0.3, -0.25) is 0 Å². The Morgan fingerprint density at radius 3 is 2.43 bits per heavy atom. The van der Waals surface area contributed by atoms with Gasteiger partial charge in [0, 0.05) is 33.3 Å². The van der Waals surface area contributed by atoms with Crippen LogP contribution in [-0.4, -0.2) is 10.7 Å². The van der Waals surface area contributed by atoms with E-state index in [9.17, 15) is 0 Å². The lowest BCUT2D eigenvalue weighted by Gasteiger charge is -2.20. The number of unbranched alkanes of at least 4 members (excludes halogenated alkanes) is 2. The quantitative estimate of drug-likeness (QED) is 0.182. The van der Waals surface area contributed by atoms with Gasteiger partial charge in [-0.15, -0.1) is 11.3 Å². The second-order valence-corrected chi connectivity index (χ2v) is 13.5. The average Bonchev–Trinajstić information content (AvgIpc) is 3.69. The number of hydrogen-bond acceptors (Lipinski definition) is 2. The summed E-state index contributed by atoms with van der Waals surface area (Å²) in [5.74, 6) is 0. The number of fused-ring (bicyclic) bond motifs is 2. The van der Waals surface area contributed by atoms with Crippen LogP contribution in [0.15, 0.2) is 76.6 Å². The number of hydrogen-bond donors (Lipinski definition) is 1. The standard InChI is InChI=1S/C39H46N2S/c1-8-11-16-27(15-10-3)26(4)36-32-19-14-13-18-30(32)34(40-36)25-35-31-21-20-29(39(5,6)7)24-33(31)37(41-35)38-28(17-12-9-2)22-23-42-38/h10,13-15,18-25,40H,8-9,11-12,16-17H2,1-7H3/b15-10-,27-26-,35-25-. The maximum absolute atomic E-state index is 5.40. The zero-order valence-electron chi connectivity index (χ0n) is 26.5. The molecule has 0 unspecified atom stereocenters. The van der Waals surface area contributed by atoms with E-state index in [1.165, 1.54) is 80.4 Å². The van der Waals surface area contributed by atoms with Gasteiger partial charge < -0.3 is 4.98 Å². The number of aromatic amines is 1. The number of thiophene rings is 1. The molecule has 0 bridgehead atoms. The van der Waals surface area contributed by atoms with Gasteiger partial charge in [-0.25, -0.2) is 4.99 Å². The largest absolute Gasteiger partial charge is 0.354 e. The summed E-state index contributed by atoms with van der Waals surface area (Å²) in [4.78, 5) is 10.6. The Balaban J connectivity index is 1.69. The van der Waals surface area contributed by atoms with Crippen molar-refractivity contribution in [3.8, 4) is 0 Å². The summed E-state index contributed by atoms with van der Waals surface area (Å²) in [6.45, 7) is 15.8. The van der Waals surface area contributed by atoms with E-state index in [4.69, 9.17) is 4.99 Å². The second-order valence-electron chi connectivity index (χ2n) is 12.6. The lowest BCUT2D eigenvalue weighted by Crippen LogP contribution is -2.12.